The van der Waals surface area contributed by atoms with Crippen LogP contribution in [0.5, 0.6) is 0 Å². The Morgan fingerprint density at radius 3 is 2.58 bits per heavy atom. The number of ether oxygens (including phenoxy) is 1. The Kier molecular flexibility index (Phi) is 4.87. The number of rotatable bonds is 3. The van der Waals surface area contributed by atoms with Crippen molar-refractivity contribution in [1.29, 1.82) is 0 Å². The van der Waals surface area contributed by atoms with E-state index in [1.165, 1.54) is 0 Å². The second kappa shape index (κ2) is 6.47. The largest absolute Gasteiger partial charge is 0.459 e. The van der Waals surface area contributed by atoms with Crippen molar-refractivity contribution in [3.63, 3.8) is 0 Å². The van der Waals surface area contributed by atoms with E-state index in [9.17, 15) is 20.1 Å². The van der Waals surface area contributed by atoms with Crippen molar-refractivity contribution in [2.45, 2.75) is 64.6 Å². The highest BCUT2D eigenvalue weighted by atomic mass is 16.6. The lowest BCUT2D eigenvalue weighted by Gasteiger charge is -2.63. The number of carbonyl (C=O) groups excluding carboxylic acids is 1. The number of allylic oxidation sites excluding steroid dienone is 2. The first-order valence-electron chi connectivity index (χ1n) is 9.63. The summed E-state index contributed by atoms with van der Waals surface area (Å²) < 4.78 is 4.91. The van der Waals surface area contributed by atoms with E-state index in [2.05, 4.69) is 13.5 Å². The molecule has 3 fully saturated rings. The molecule has 0 aromatic heterocycles. The summed E-state index contributed by atoms with van der Waals surface area (Å²) >= 11 is 0. The van der Waals surface area contributed by atoms with Crippen molar-refractivity contribution >= 4 is 5.97 Å². The fourth-order valence-corrected chi connectivity index (χ4v) is 5.76. The van der Waals surface area contributed by atoms with E-state index < -0.39 is 23.1 Å². The minimum Gasteiger partial charge on any atom is -0.459 e. The molecule has 2 saturated carbocycles. The molecule has 3 aliphatic rings. The molecule has 6 atom stereocenters. The van der Waals surface area contributed by atoms with Gasteiger partial charge in [0.2, 0.25) is 0 Å². The van der Waals surface area contributed by atoms with Gasteiger partial charge in [0, 0.05) is 5.41 Å². The van der Waals surface area contributed by atoms with Crippen LogP contribution in [0.4, 0.5) is 0 Å². The summed E-state index contributed by atoms with van der Waals surface area (Å²) in [7, 11) is 0. The van der Waals surface area contributed by atoms with Gasteiger partial charge >= 0.3 is 5.97 Å². The molecule has 0 aromatic rings. The minimum atomic E-state index is -0.904. The topological polar surface area (TPSA) is 87.0 Å². The fourth-order valence-electron chi connectivity index (χ4n) is 5.76. The smallest absolute Gasteiger partial charge is 0.336 e. The maximum atomic E-state index is 11.8. The van der Waals surface area contributed by atoms with Crippen molar-refractivity contribution in [2.75, 3.05) is 13.2 Å². The number of fused-ring (bicyclic) bond motifs is 1. The van der Waals surface area contributed by atoms with Crippen LogP contribution in [0.15, 0.2) is 23.8 Å². The van der Waals surface area contributed by atoms with Crippen molar-refractivity contribution < 1.29 is 24.9 Å². The third kappa shape index (κ3) is 2.76. The highest BCUT2D eigenvalue weighted by Crippen LogP contribution is 2.64. The maximum Gasteiger partial charge on any atom is 0.336 e. The van der Waals surface area contributed by atoms with Gasteiger partial charge in [-0.15, -0.1) is 0 Å². The Morgan fingerprint density at radius 2 is 2.00 bits per heavy atom. The number of aliphatic hydroxyl groups excluding tert-OH is 2. The van der Waals surface area contributed by atoms with Crippen LogP contribution in [-0.2, 0) is 9.53 Å². The van der Waals surface area contributed by atoms with E-state index in [4.69, 9.17) is 4.74 Å². The number of hydrogen-bond acceptors (Lipinski definition) is 5. The van der Waals surface area contributed by atoms with Gasteiger partial charge in [0.05, 0.1) is 17.8 Å². The Morgan fingerprint density at radius 1 is 1.31 bits per heavy atom. The molecule has 5 heteroatoms. The quantitative estimate of drug-likeness (QED) is 0.406. The first kappa shape index (κ1) is 19.6. The lowest BCUT2D eigenvalue weighted by Crippen LogP contribution is -2.62. The number of carbonyl (C=O) groups is 1. The highest BCUT2D eigenvalue weighted by molar-refractivity contribution is 5.91. The van der Waals surface area contributed by atoms with Crippen LogP contribution in [0.1, 0.15) is 52.9 Å². The fraction of sp³-hybridized carbons (Fsp3) is 0.762. The van der Waals surface area contributed by atoms with Gasteiger partial charge in [0.25, 0.3) is 0 Å². The standard InChI is InChI=1S/C21H32O5/c1-13-5-8-17-19(2,9-10-21(4,25)20(17,3)12-22)15(13)7-6-14-16(23)11-26-18(14)24/h6,15-17,22-23,25H,1,5,7-12H2,2-4H3/b14-6+/t15-,16-,17?,19+,20+,21-/m1/s1. The molecule has 1 heterocycles. The Hall–Kier alpha value is -1.17. The first-order valence-corrected chi connectivity index (χ1v) is 9.63. The second-order valence-electron chi connectivity index (χ2n) is 9.17. The summed E-state index contributed by atoms with van der Waals surface area (Å²) in [4.78, 5) is 11.8. The van der Waals surface area contributed by atoms with Gasteiger partial charge in [-0.25, -0.2) is 4.79 Å². The SMILES string of the molecule is C=C1CCC2[C@](C)(CO)[C@](C)(O)CC[C@@]2(C)[C@@H]1C/C=C1/C(=O)OC[C@H]1O. The highest BCUT2D eigenvalue weighted by Gasteiger charge is 2.61. The second-order valence-corrected chi connectivity index (χ2v) is 9.17. The third-order valence-electron chi connectivity index (χ3n) is 7.86. The molecule has 3 rings (SSSR count). The molecule has 5 nitrogen and oxygen atoms in total. The summed E-state index contributed by atoms with van der Waals surface area (Å²) in [6.45, 7) is 10.3. The van der Waals surface area contributed by atoms with Crippen molar-refractivity contribution in [1.82, 2.24) is 0 Å². The van der Waals surface area contributed by atoms with Crippen LogP contribution in [0.25, 0.3) is 0 Å². The van der Waals surface area contributed by atoms with Gasteiger partial charge < -0.3 is 20.1 Å². The number of aliphatic hydroxyl groups is 3. The molecule has 1 aliphatic heterocycles. The minimum absolute atomic E-state index is 0.0294. The van der Waals surface area contributed by atoms with Crippen LogP contribution in [-0.4, -0.2) is 46.2 Å². The molecule has 0 amide bonds. The van der Waals surface area contributed by atoms with Gasteiger partial charge in [-0.2, -0.15) is 0 Å². The predicted octanol–water partition coefficient (Wildman–Crippen LogP) is 2.35. The molecule has 0 spiro atoms. The van der Waals surface area contributed by atoms with Crippen molar-refractivity contribution in [3.8, 4) is 0 Å². The van der Waals surface area contributed by atoms with Crippen LogP contribution in [0, 0.1) is 22.7 Å². The maximum absolute atomic E-state index is 11.8. The molecule has 1 saturated heterocycles. The van der Waals surface area contributed by atoms with E-state index in [-0.39, 0.29) is 30.5 Å². The van der Waals surface area contributed by atoms with E-state index >= 15 is 0 Å². The van der Waals surface area contributed by atoms with E-state index in [0.717, 1.165) is 24.8 Å². The molecular weight excluding hydrogens is 332 g/mol. The molecule has 0 radical (unpaired) electrons. The van der Waals surface area contributed by atoms with Crippen LogP contribution in [0.2, 0.25) is 0 Å². The summed E-state index contributed by atoms with van der Waals surface area (Å²) in [6.07, 6.45) is 4.82. The molecule has 146 valence electrons. The van der Waals surface area contributed by atoms with Crippen LogP contribution < -0.4 is 0 Å². The number of hydrogen-bond donors (Lipinski definition) is 3. The predicted molar refractivity (Wildman–Crippen MR) is 98.2 cm³/mol. The van der Waals surface area contributed by atoms with Crippen LogP contribution in [0.3, 0.4) is 0 Å². The summed E-state index contributed by atoms with van der Waals surface area (Å²) in [6, 6.07) is 0. The zero-order valence-corrected chi connectivity index (χ0v) is 16.1. The molecule has 26 heavy (non-hydrogen) atoms. The summed E-state index contributed by atoms with van der Waals surface area (Å²) in [5, 5.41) is 31.1. The monoisotopic (exact) mass is 364 g/mol. The van der Waals surface area contributed by atoms with Gasteiger partial charge in [0.15, 0.2) is 0 Å². The molecule has 3 N–H and O–H groups in total. The van der Waals surface area contributed by atoms with E-state index in [0.29, 0.717) is 18.4 Å². The first-order chi connectivity index (χ1) is 12.1. The Balaban J connectivity index is 1.92. The molecule has 2 aliphatic carbocycles. The average molecular weight is 364 g/mol. The third-order valence-corrected chi connectivity index (χ3v) is 7.86. The van der Waals surface area contributed by atoms with Crippen LogP contribution >= 0.6 is 0 Å². The average Bonchev–Trinajstić information content (AvgIpc) is 2.90. The van der Waals surface area contributed by atoms with E-state index in [1.807, 2.05) is 19.9 Å². The normalized spacial score (nSPS) is 47.8. The zero-order chi connectivity index (χ0) is 19.3. The molecular formula is C21H32O5. The van der Waals surface area contributed by atoms with Crippen molar-refractivity contribution in [2.24, 2.45) is 22.7 Å². The number of cyclic esters (lactones) is 1. The Labute approximate surface area is 155 Å². The van der Waals surface area contributed by atoms with Gasteiger partial charge in [-0.05, 0) is 56.3 Å². The lowest BCUT2D eigenvalue weighted by atomic mass is 9.43. The molecule has 0 bridgehead atoms. The molecule has 1 unspecified atom stereocenters. The zero-order valence-electron chi connectivity index (χ0n) is 16.1. The lowest BCUT2D eigenvalue weighted by molar-refractivity contribution is -0.201. The van der Waals surface area contributed by atoms with E-state index in [1.54, 1.807) is 0 Å². The summed E-state index contributed by atoms with van der Waals surface area (Å²) in [5.41, 5.74) is -0.0872. The summed E-state index contributed by atoms with van der Waals surface area (Å²) in [5.74, 6) is -0.123. The number of esters is 1. The van der Waals surface area contributed by atoms with Gasteiger partial charge in [0.1, 0.15) is 12.7 Å². The van der Waals surface area contributed by atoms with Gasteiger partial charge in [-0.3, -0.25) is 0 Å². The Bertz CT molecular complexity index is 636. The van der Waals surface area contributed by atoms with Crippen molar-refractivity contribution in [3.05, 3.63) is 23.8 Å². The van der Waals surface area contributed by atoms with Gasteiger partial charge in [-0.1, -0.05) is 32.1 Å². The molecule has 0 aromatic carbocycles.